The first kappa shape index (κ1) is 23.1. The van der Waals surface area contributed by atoms with E-state index in [1.165, 1.54) is 0 Å². The molecule has 0 N–H and O–H groups in total. The van der Waals surface area contributed by atoms with Crippen molar-refractivity contribution in [3.05, 3.63) is 53.9 Å². The molecular formula is C24H29N3O5. The molecule has 0 aliphatic carbocycles. The van der Waals surface area contributed by atoms with Crippen LogP contribution in [0.4, 0.5) is 0 Å². The third kappa shape index (κ3) is 5.38. The first-order valence-electron chi connectivity index (χ1n) is 10.4. The Balaban J connectivity index is 1.73. The van der Waals surface area contributed by atoms with Crippen LogP contribution in [0.3, 0.4) is 0 Å². The number of nitrogens with zero attached hydrogens (tertiary/aromatic N) is 3. The van der Waals surface area contributed by atoms with Gasteiger partial charge in [0.1, 0.15) is 12.3 Å². The van der Waals surface area contributed by atoms with E-state index in [1.807, 2.05) is 51.1 Å². The summed E-state index contributed by atoms with van der Waals surface area (Å²) in [5.41, 5.74) is 1.85. The van der Waals surface area contributed by atoms with Crippen molar-refractivity contribution in [1.29, 1.82) is 0 Å². The van der Waals surface area contributed by atoms with Gasteiger partial charge < -0.3 is 23.6 Å². The van der Waals surface area contributed by atoms with E-state index < -0.39 is 6.10 Å². The fourth-order valence-electron chi connectivity index (χ4n) is 3.18. The number of hydrogen-bond donors (Lipinski definition) is 0. The van der Waals surface area contributed by atoms with Crippen molar-refractivity contribution in [2.45, 2.75) is 46.4 Å². The molecule has 1 aromatic heterocycles. The van der Waals surface area contributed by atoms with Crippen molar-refractivity contribution in [2.75, 3.05) is 14.2 Å². The van der Waals surface area contributed by atoms with Crippen LogP contribution in [-0.4, -0.2) is 47.3 Å². The predicted octanol–water partition coefficient (Wildman–Crippen LogP) is 4.27. The minimum absolute atomic E-state index is 0.0806. The van der Waals surface area contributed by atoms with Gasteiger partial charge in [-0.05, 0) is 58.0 Å². The van der Waals surface area contributed by atoms with Crippen LogP contribution >= 0.6 is 0 Å². The highest BCUT2D eigenvalue weighted by Gasteiger charge is 2.26. The van der Waals surface area contributed by atoms with Gasteiger partial charge in [-0.25, -0.2) is 0 Å². The number of amides is 1. The molecule has 1 atom stereocenters. The van der Waals surface area contributed by atoms with E-state index in [1.54, 1.807) is 38.2 Å². The highest BCUT2D eigenvalue weighted by atomic mass is 16.5. The molecule has 1 heterocycles. The van der Waals surface area contributed by atoms with Crippen LogP contribution in [0, 0.1) is 6.92 Å². The molecule has 0 fully saturated rings. The highest BCUT2D eigenvalue weighted by molar-refractivity contribution is 5.81. The molecule has 8 nitrogen and oxygen atoms in total. The van der Waals surface area contributed by atoms with E-state index in [4.69, 9.17) is 18.7 Å². The lowest BCUT2D eigenvalue weighted by Gasteiger charge is -2.28. The zero-order valence-corrected chi connectivity index (χ0v) is 19.3. The maximum absolute atomic E-state index is 13.1. The molecule has 3 aromatic rings. The van der Waals surface area contributed by atoms with Crippen LogP contribution in [0.2, 0.25) is 0 Å². The van der Waals surface area contributed by atoms with Gasteiger partial charge in [-0.1, -0.05) is 22.9 Å². The molecule has 0 unspecified atom stereocenters. The van der Waals surface area contributed by atoms with Gasteiger partial charge in [-0.3, -0.25) is 4.79 Å². The van der Waals surface area contributed by atoms with Crippen LogP contribution < -0.4 is 14.2 Å². The summed E-state index contributed by atoms with van der Waals surface area (Å²) in [6, 6.07) is 12.9. The fourth-order valence-corrected chi connectivity index (χ4v) is 3.18. The Labute approximate surface area is 188 Å². The molecule has 8 heteroatoms. The highest BCUT2D eigenvalue weighted by Crippen LogP contribution is 2.31. The Morgan fingerprint density at radius 2 is 1.72 bits per heavy atom. The number of aromatic nitrogens is 2. The predicted molar refractivity (Wildman–Crippen MR) is 120 cm³/mol. The molecule has 0 bridgehead atoms. The first-order valence-corrected chi connectivity index (χ1v) is 10.4. The summed E-state index contributed by atoms with van der Waals surface area (Å²) in [6.45, 7) is 7.78. The van der Waals surface area contributed by atoms with Crippen LogP contribution in [0.1, 0.15) is 32.2 Å². The van der Waals surface area contributed by atoms with Gasteiger partial charge in [0, 0.05) is 11.6 Å². The minimum Gasteiger partial charge on any atom is -0.493 e. The standard InChI is InChI=1S/C24H29N3O5/c1-15(2)27(24(28)17(4)31-19-10-7-16(3)8-11-19)14-22-25-23(26-32-22)18-9-12-20(29-5)21(13-18)30-6/h7-13,15,17H,14H2,1-6H3/t17-/m1/s1. The third-order valence-corrected chi connectivity index (χ3v) is 5.00. The number of carbonyl (C=O) groups excluding carboxylic acids is 1. The van der Waals surface area contributed by atoms with Crippen molar-refractivity contribution in [3.63, 3.8) is 0 Å². The summed E-state index contributed by atoms with van der Waals surface area (Å²) in [7, 11) is 3.14. The zero-order chi connectivity index (χ0) is 23.3. The minimum atomic E-state index is -0.659. The van der Waals surface area contributed by atoms with Gasteiger partial charge in [0.25, 0.3) is 5.91 Å². The molecule has 0 radical (unpaired) electrons. The van der Waals surface area contributed by atoms with Crippen LogP contribution in [-0.2, 0) is 11.3 Å². The second-order valence-electron chi connectivity index (χ2n) is 7.71. The molecule has 0 aliphatic rings. The topological polar surface area (TPSA) is 86.9 Å². The number of ether oxygens (including phenoxy) is 3. The largest absolute Gasteiger partial charge is 0.493 e. The Bertz CT molecular complexity index is 1050. The van der Waals surface area contributed by atoms with E-state index >= 15 is 0 Å². The van der Waals surface area contributed by atoms with E-state index in [0.717, 1.165) is 11.1 Å². The van der Waals surface area contributed by atoms with E-state index in [-0.39, 0.29) is 18.5 Å². The summed E-state index contributed by atoms with van der Waals surface area (Å²) in [5.74, 6) is 2.40. The van der Waals surface area contributed by atoms with E-state index in [0.29, 0.717) is 29.0 Å². The smallest absolute Gasteiger partial charge is 0.264 e. The molecule has 2 aromatic carbocycles. The van der Waals surface area contributed by atoms with Gasteiger partial charge in [-0.2, -0.15) is 4.98 Å². The summed E-state index contributed by atoms with van der Waals surface area (Å²) >= 11 is 0. The van der Waals surface area contributed by atoms with Gasteiger partial charge in [-0.15, -0.1) is 0 Å². The van der Waals surface area contributed by atoms with Crippen LogP contribution in [0.25, 0.3) is 11.4 Å². The van der Waals surface area contributed by atoms with Crippen molar-refractivity contribution >= 4 is 5.91 Å². The molecular weight excluding hydrogens is 410 g/mol. The Kier molecular flexibility index (Phi) is 7.35. The molecule has 170 valence electrons. The number of hydrogen-bond acceptors (Lipinski definition) is 7. The maximum atomic E-state index is 13.1. The molecule has 32 heavy (non-hydrogen) atoms. The molecule has 1 amide bonds. The lowest BCUT2D eigenvalue weighted by Crippen LogP contribution is -2.43. The van der Waals surface area contributed by atoms with Crippen LogP contribution in [0.5, 0.6) is 17.2 Å². The molecule has 0 saturated carbocycles. The Hall–Kier alpha value is -3.55. The van der Waals surface area contributed by atoms with Gasteiger partial charge >= 0.3 is 0 Å². The average molecular weight is 440 g/mol. The summed E-state index contributed by atoms with van der Waals surface area (Å²) in [4.78, 5) is 19.2. The summed E-state index contributed by atoms with van der Waals surface area (Å²) < 4.78 is 21.9. The van der Waals surface area contributed by atoms with Gasteiger partial charge in [0.05, 0.1) is 14.2 Å². The average Bonchev–Trinajstić information content (AvgIpc) is 3.26. The molecule has 0 saturated heterocycles. The molecule has 0 spiro atoms. The van der Waals surface area contributed by atoms with E-state index in [2.05, 4.69) is 10.1 Å². The lowest BCUT2D eigenvalue weighted by atomic mass is 10.2. The number of rotatable bonds is 9. The summed E-state index contributed by atoms with van der Waals surface area (Å²) in [6.07, 6.45) is -0.659. The number of benzene rings is 2. The number of aryl methyl sites for hydroxylation is 1. The van der Waals surface area contributed by atoms with Crippen molar-refractivity contribution in [2.24, 2.45) is 0 Å². The van der Waals surface area contributed by atoms with Crippen molar-refractivity contribution in [1.82, 2.24) is 15.0 Å². The van der Waals surface area contributed by atoms with Crippen molar-refractivity contribution < 1.29 is 23.5 Å². The second-order valence-corrected chi connectivity index (χ2v) is 7.71. The zero-order valence-electron chi connectivity index (χ0n) is 19.3. The number of carbonyl (C=O) groups is 1. The first-order chi connectivity index (χ1) is 15.3. The Morgan fingerprint density at radius 1 is 1.03 bits per heavy atom. The van der Waals surface area contributed by atoms with Crippen molar-refractivity contribution in [3.8, 4) is 28.6 Å². The summed E-state index contributed by atoms with van der Waals surface area (Å²) in [5, 5.41) is 4.06. The molecule has 0 aliphatic heterocycles. The monoisotopic (exact) mass is 439 g/mol. The van der Waals surface area contributed by atoms with Crippen LogP contribution in [0.15, 0.2) is 47.0 Å². The third-order valence-electron chi connectivity index (χ3n) is 5.00. The quantitative estimate of drug-likeness (QED) is 0.492. The SMILES string of the molecule is COc1ccc(-c2noc(CN(C(=O)[C@@H](C)Oc3ccc(C)cc3)C(C)C)n2)cc1OC. The maximum Gasteiger partial charge on any atom is 0.264 e. The normalized spacial score (nSPS) is 11.8. The number of methoxy groups -OCH3 is 2. The fraction of sp³-hybridized carbons (Fsp3) is 0.375. The Morgan fingerprint density at radius 3 is 2.34 bits per heavy atom. The second kappa shape index (κ2) is 10.2. The van der Waals surface area contributed by atoms with Gasteiger partial charge in [0.15, 0.2) is 17.6 Å². The molecule has 3 rings (SSSR count). The van der Waals surface area contributed by atoms with Gasteiger partial charge in [0.2, 0.25) is 11.7 Å². The lowest BCUT2D eigenvalue weighted by molar-refractivity contribution is -0.140. The van der Waals surface area contributed by atoms with E-state index in [9.17, 15) is 4.79 Å².